The quantitative estimate of drug-likeness (QED) is 0.534. The maximum Gasteiger partial charge on any atom is 0.0271 e. The van der Waals surface area contributed by atoms with E-state index in [1.165, 1.54) is 0 Å². The summed E-state index contributed by atoms with van der Waals surface area (Å²) in [5.74, 6) is 0. The van der Waals surface area contributed by atoms with Crippen molar-refractivity contribution >= 4 is 0 Å². The van der Waals surface area contributed by atoms with E-state index in [0.717, 1.165) is 5.56 Å². The van der Waals surface area contributed by atoms with Crippen molar-refractivity contribution in [3.05, 3.63) is 37.1 Å². The molecule has 1 aromatic rings. The lowest BCUT2D eigenvalue weighted by molar-refractivity contribution is 0.846. The zero-order valence-electron chi connectivity index (χ0n) is 5.12. The van der Waals surface area contributed by atoms with Crippen LogP contribution in [0.15, 0.2) is 24.5 Å². The molecule has 0 bridgehead atoms. The maximum absolute atomic E-state index is 3.87. The van der Waals surface area contributed by atoms with Crippen LogP contribution >= 0.6 is 0 Å². The van der Waals surface area contributed by atoms with E-state index >= 15 is 0 Å². The maximum atomic E-state index is 3.87. The molecular weight excluding hydrogens is 112 g/mol. The molecule has 47 valence electrons. The largest absolute Gasteiger partial charge is 0.420 e. The molecule has 0 aliphatic carbocycles. The molecule has 1 rings (SSSR count). The molecule has 1 radical (unpaired) electrons. The third kappa shape index (κ3) is 1.82. The Labute approximate surface area is 54.9 Å². The highest BCUT2D eigenvalue weighted by Gasteiger charge is 1.82. The highest BCUT2D eigenvalue weighted by atomic mass is 14.8. The molecule has 1 heterocycles. The van der Waals surface area contributed by atoms with Gasteiger partial charge in [-0.1, -0.05) is 0 Å². The Morgan fingerprint density at radius 3 is 2.67 bits per heavy atom. The topological polar surface area (TPSA) is 27.0 Å². The van der Waals surface area contributed by atoms with Gasteiger partial charge < -0.3 is 5.32 Å². The minimum atomic E-state index is 0.683. The monoisotopic (exact) mass is 120 g/mol. The molecular formula is C7H8N2-. The predicted molar refractivity (Wildman–Crippen MR) is 35.4 cm³/mol. The van der Waals surface area contributed by atoms with Crippen LogP contribution in [0, 0.1) is 7.05 Å². The molecule has 0 spiro atoms. The van der Waals surface area contributed by atoms with Gasteiger partial charge in [-0.25, -0.2) is 0 Å². The van der Waals surface area contributed by atoms with Crippen LogP contribution in [0.5, 0.6) is 0 Å². The molecule has 9 heavy (non-hydrogen) atoms. The third-order valence-corrected chi connectivity index (χ3v) is 1.04. The average Bonchev–Trinajstić information content (AvgIpc) is 1.91. The summed E-state index contributed by atoms with van der Waals surface area (Å²) in [7, 11) is 3.39. The molecule has 0 atom stereocenters. The van der Waals surface area contributed by atoms with E-state index in [-0.39, 0.29) is 0 Å². The molecule has 0 saturated carbocycles. The summed E-state index contributed by atoms with van der Waals surface area (Å²) in [6.07, 6.45) is 3.50. The van der Waals surface area contributed by atoms with E-state index in [4.69, 9.17) is 0 Å². The van der Waals surface area contributed by atoms with Crippen molar-refractivity contribution in [3.8, 4) is 0 Å². The van der Waals surface area contributed by atoms with E-state index < -0.39 is 0 Å². The van der Waals surface area contributed by atoms with Crippen molar-refractivity contribution in [2.75, 3.05) is 0 Å². The zero-order valence-corrected chi connectivity index (χ0v) is 5.12. The summed E-state index contributed by atoms with van der Waals surface area (Å²) in [4.78, 5) is 3.87. The van der Waals surface area contributed by atoms with Crippen LogP contribution < -0.4 is 5.32 Å². The van der Waals surface area contributed by atoms with Crippen LogP contribution in [0.2, 0.25) is 0 Å². The van der Waals surface area contributed by atoms with E-state index in [1.807, 2.05) is 12.1 Å². The standard InChI is InChI=1S/C7H8N2/c1-8-6-7-2-4-9-5-3-7/h2-5H,1,6H2/q-1. The summed E-state index contributed by atoms with van der Waals surface area (Å²) in [5.41, 5.74) is 1.15. The summed E-state index contributed by atoms with van der Waals surface area (Å²) in [5, 5.41) is 3.73. The molecule has 0 saturated heterocycles. The SMILES string of the molecule is [CH2-][N]Cc1ccncc1. The first-order valence-corrected chi connectivity index (χ1v) is 2.75. The molecule has 0 amide bonds. The molecule has 0 unspecified atom stereocenters. The number of aromatic nitrogens is 1. The lowest BCUT2D eigenvalue weighted by Gasteiger charge is -1.99. The Morgan fingerprint density at radius 2 is 2.11 bits per heavy atom. The van der Waals surface area contributed by atoms with Gasteiger partial charge in [-0.3, -0.25) is 12.0 Å². The Morgan fingerprint density at radius 1 is 1.44 bits per heavy atom. The van der Waals surface area contributed by atoms with Gasteiger partial charge in [-0.15, -0.1) is 0 Å². The molecule has 1 aromatic heterocycles. The second-order valence-electron chi connectivity index (χ2n) is 1.74. The summed E-state index contributed by atoms with van der Waals surface area (Å²) in [6.45, 7) is 0.683. The Balaban J connectivity index is 2.61. The second kappa shape index (κ2) is 3.20. The fraction of sp³-hybridized carbons (Fsp3) is 0.143. The van der Waals surface area contributed by atoms with Gasteiger partial charge in [0.1, 0.15) is 0 Å². The van der Waals surface area contributed by atoms with Gasteiger partial charge >= 0.3 is 0 Å². The number of hydrogen-bond donors (Lipinski definition) is 0. The normalized spacial score (nSPS) is 9.44. The van der Waals surface area contributed by atoms with Gasteiger partial charge in [0.25, 0.3) is 0 Å². The van der Waals surface area contributed by atoms with Gasteiger partial charge in [0, 0.05) is 18.9 Å². The first kappa shape index (κ1) is 6.23. The van der Waals surface area contributed by atoms with Crippen LogP contribution in [-0.2, 0) is 6.54 Å². The lowest BCUT2D eigenvalue weighted by Crippen LogP contribution is -1.93. The van der Waals surface area contributed by atoms with Gasteiger partial charge in [-0.05, 0) is 17.7 Å². The van der Waals surface area contributed by atoms with Crippen LogP contribution in [0.25, 0.3) is 0 Å². The van der Waals surface area contributed by atoms with Crippen LogP contribution in [0.1, 0.15) is 5.56 Å². The molecule has 2 nitrogen and oxygen atoms in total. The molecule has 0 aliphatic heterocycles. The van der Waals surface area contributed by atoms with E-state index in [9.17, 15) is 0 Å². The van der Waals surface area contributed by atoms with Crippen LogP contribution in [0.4, 0.5) is 0 Å². The lowest BCUT2D eigenvalue weighted by atomic mass is 10.3. The van der Waals surface area contributed by atoms with Gasteiger partial charge in [0.2, 0.25) is 0 Å². The molecule has 0 aromatic carbocycles. The van der Waals surface area contributed by atoms with E-state index in [1.54, 1.807) is 12.4 Å². The Hall–Kier alpha value is -0.890. The highest BCUT2D eigenvalue weighted by Crippen LogP contribution is 1.94. The van der Waals surface area contributed by atoms with Crippen LogP contribution in [0.3, 0.4) is 0 Å². The Bertz CT molecular complexity index is 160. The van der Waals surface area contributed by atoms with Crippen molar-refractivity contribution in [3.63, 3.8) is 0 Å². The first-order valence-electron chi connectivity index (χ1n) is 2.75. The van der Waals surface area contributed by atoms with Gasteiger partial charge in [0.05, 0.1) is 0 Å². The first-order chi connectivity index (χ1) is 4.43. The number of hydrogen-bond acceptors (Lipinski definition) is 1. The van der Waals surface area contributed by atoms with Crippen molar-refractivity contribution in [1.82, 2.24) is 10.3 Å². The molecule has 0 aliphatic rings. The summed E-state index contributed by atoms with van der Waals surface area (Å²) >= 11 is 0. The van der Waals surface area contributed by atoms with Crippen LogP contribution in [-0.4, -0.2) is 4.98 Å². The van der Waals surface area contributed by atoms with Gasteiger partial charge in [-0.2, -0.15) is 0 Å². The van der Waals surface area contributed by atoms with E-state index in [0.29, 0.717) is 6.54 Å². The Kier molecular flexibility index (Phi) is 2.22. The number of pyridine rings is 1. The third-order valence-electron chi connectivity index (χ3n) is 1.04. The fourth-order valence-corrected chi connectivity index (χ4v) is 0.617. The van der Waals surface area contributed by atoms with Crippen molar-refractivity contribution in [2.24, 2.45) is 0 Å². The fourth-order valence-electron chi connectivity index (χ4n) is 0.617. The molecule has 0 fully saturated rings. The molecule has 0 N–H and O–H groups in total. The highest BCUT2D eigenvalue weighted by molar-refractivity contribution is 5.08. The summed E-state index contributed by atoms with van der Waals surface area (Å²) < 4.78 is 0. The minimum absolute atomic E-state index is 0.683. The second-order valence-corrected chi connectivity index (χ2v) is 1.74. The summed E-state index contributed by atoms with van der Waals surface area (Å²) in [6, 6.07) is 3.85. The predicted octanol–water partition coefficient (Wildman–Crippen LogP) is 0.978. The average molecular weight is 120 g/mol. The smallest absolute Gasteiger partial charge is 0.0271 e. The number of rotatable bonds is 2. The zero-order chi connectivity index (χ0) is 6.53. The van der Waals surface area contributed by atoms with Gasteiger partial charge in [0.15, 0.2) is 0 Å². The van der Waals surface area contributed by atoms with Crippen molar-refractivity contribution < 1.29 is 0 Å². The van der Waals surface area contributed by atoms with Crippen molar-refractivity contribution in [1.29, 1.82) is 0 Å². The van der Waals surface area contributed by atoms with E-state index in [2.05, 4.69) is 17.3 Å². The minimum Gasteiger partial charge on any atom is -0.420 e. The molecule has 2 heteroatoms. The number of nitrogens with zero attached hydrogens (tertiary/aromatic N) is 2. The van der Waals surface area contributed by atoms with Crippen molar-refractivity contribution in [2.45, 2.75) is 6.54 Å².